The largest absolute Gasteiger partial charge is 0.497 e. The molecular weight excluding hydrogens is 417 g/mol. The second-order valence-corrected chi connectivity index (χ2v) is 7.17. The predicted molar refractivity (Wildman–Crippen MR) is 94.1 cm³/mol. The Morgan fingerprint density at radius 1 is 1.07 bits per heavy atom. The van der Waals surface area contributed by atoms with Crippen molar-refractivity contribution in [3.63, 3.8) is 0 Å². The number of hydrogen-bond acceptors (Lipinski definition) is 6. The molecule has 2 rings (SSSR count). The molecule has 8 nitrogen and oxygen atoms in total. The average Bonchev–Trinajstić information content (AvgIpc) is 2.69. The monoisotopic (exact) mass is 432 g/mol. The Labute approximate surface area is 163 Å². The summed E-state index contributed by atoms with van der Waals surface area (Å²) in [5, 5.41) is 2.43. The molecule has 0 saturated carbocycles. The van der Waals surface area contributed by atoms with Crippen molar-refractivity contribution in [2.24, 2.45) is 0 Å². The van der Waals surface area contributed by atoms with Crippen LogP contribution in [0.1, 0.15) is 0 Å². The van der Waals surface area contributed by atoms with Gasteiger partial charge in [0.25, 0.3) is 5.91 Å². The van der Waals surface area contributed by atoms with Crippen LogP contribution >= 0.6 is 0 Å². The maximum Gasteiger partial charge on any atom is 0.321 e. The number of halogens is 3. The number of rotatable bonds is 8. The fraction of sp³-hybridized carbons (Fsp3) is 0.176. The van der Waals surface area contributed by atoms with Crippen LogP contribution in [0.25, 0.3) is 0 Å². The SMILES string of the molecule is COc1cccc(NC(=O)COC(=O)CNS(=O)(=O)c2ccc(F)c(F)c2F)c1. The molecule has 2 aromatic rings. The number of sulfonamides is 1. The maximum atomic E-state index is 13.6. The molecular formula is C17H15F3N2O6S. The highest BCUT2D eigenvalue weighted by Gasteiger charge is 2.24. The van der Waals surface area contributed by atoms with Gasteiger partial charge in [-0.05, 0) is 24.3 Å². The van der Waals surface area contributed by atoms with Gasteiger partial charge < -0.3 is 14.8 Å². The van der Waals surface area contributed by atoms with Crippen LogP contribution in [-0.4, -0.2) is 40.6 Å². The van der Waals surface area contributed by atoms with E-state index in [1.807, 2.05) is 0 Å². The molecule has 0 aliphatic heterocycles. The fourth-order valence-electron chi connectivity index (χ4n) is 2.04. The Morgan fingerprint density at radius 2 is 1.79 bits per heavy atom. The summed E-state index contributed by atoms with van der Waals surface area (Å²) in [5.74, 6) is -6.84. The molecule has 0 saturated heterocycles. The van der Waals surface area contributed by atoms with E-state index < -0.39 is 57.4 Å². The first-order valence-corrected chi connectivity index (χ1v) is 9.35. The molecule has 12 heteroatoms. The number of amides is 1. The zero-order chi connectivity index (χ0) is 21.6. The first-order valence-electron chi connectivity index (χ1n) is 7.86. The van der Waals surface area contributed by atoms with Crippen LogP contribution in [0.3, 0.4) is 0 Å². The van der Waals surface area contributed by atoms with Crippen molar-refractivity contribution in [1.82, 2.24) is 4.72 Å². The molecule has 29 heavy (non-hydrogen) atoms. The average molecular weight is 432 g/mol. The molecule has 0 spiro atoms. The molecule has 0 aromatic heterocycles. The molecule has 0 fully saturated rings. The van der Waals surface area contributed by atoms with Crippen LogP contribution in [0.4, 0.5) is 18.9 Å². The van der Waals surface area contributed by atoms with E-state index in [0.29, 0.717) is 23.6 Å². The van der Waals surface area contributed by atoms with Crippen LogP contribution in [0, 0.1) is 17.5 Å². The van der Waals surface area contributed by atoms with Crippen LogP contribution in [0.5, 0.6) is 5.75 Å². The van der Waals surface area contributed by atoms with Gasteiger partial charge in [-0.15, -0.1) is 0 Å². The minimum Gasteiger partial charge on any atom is -0.497 e. The normalized spacial score (nSPS) is 11.0. The van der Waals surface area contributed by atoms with Gasteiger partial charge in [-0.25, -0.2) is 21.6 Å². The second kappa shape index (κ2) is 9.39. The second-order valence-electron chi connectivity index (χ2n) is 5.44. The third kappa shape index (κ3) is 5.93. The fourth-order valence-corrected chi connectivity index (χ4v) is 3.08. The summed E-state index contributed by atoms with van der Waals surface area (Å²) in [5.41, 5.74) is 0.375. The zero-order valence-electron chi connectivity index (χ0n) is 14.9. The number of anilines is 1. The standard InChI is InChI=1S/C17H15F3N2O6S/c1-27-11-4-2-3-10(7-11)22-14(23)9-28-15(24)8-21-29(25,26)13-6-5-12(18)16(19)17(13)20/h2-7,21H,8-9H2,1H3,(H,22,23). The summed E-state index contributed by atoms with van der Waals surface area (Å²) < 4.78 is 74.7. The molecule has 0 unspecified atom stereocenters. The summed E-state index contributed by atoms with van der Waals surface area (Å²) >= 11 is 0. The summed E-state index contributed by atoms with van der Waals surface area (Å²) in [6, 6.07) is 7.28. The van der Waals surface area contributed by atoms with E-state index in [4.69, 9.17) is 4.74 Å². The summed E-state index contributed by atoms with van der Waals surface area (Å²) in [7, 11) is -3.23. The molecule has 156 valence electrons. The number of carbonyl (C=O) groups is 2. The zero-order valence-corrected chi connectivity index (χ0v) is 15.7. The number of ether oxygens (including phenoxy) is 2. The molecule has 0 heterocycles. The van der Waals surface area contributed by atoms with Gasteiger partial charge in [0.1, 0.15) is 17.2 Å². The van der Waals surface area contributed by atoms with Gasteiger partial charge in [-0.2, -0.15) is 4.72 Å². The van der Waals surface area contributed by atoms with Crippen molar-refractivity contribution in [3.05, 3.63) is 53.8 Å². The van der Waals surface area contributed by atoms with Crippen LogP contribution in [0.15, 0.2) is 41.3 Å². The Bertz CT molecular complexity index is 1030. The van der Waals surface area contributed by atoms with Crippen molar-refractivity contribution < 1.29 is 40.7 Å². The van der Waals surface area contributed by atoms with Crippen molar-refractivity contribution in [1.29, 1.82) is 0 Å². The van der Waals surface area contributed by atoms with Crippen molar-refractivity contribution in [2.45, 2.75) is 4.90 Å². The van der Waals surface area contributed by atoms with Crippen LogP contribution in [0.2, 0.25) is 0 Å². The highest BCUT2D eigenvalue weighted by atomic mass is 32.2. The number of esters is 1. The van der Waals surface area contributed by atoms with E-state index in [9.17, 15) is 31.2 Å². The van der Waals surface area contributed by atoms with E-state index in [-0.39, 0.29) is 0 Å². The lowest BCUT2D eigenvalue weighted by atomic mass is 10.3. The summed E-state index contributed by atoms with van der Waals surface area (Å²) in [4.78, 5) is 22.2. The molecule has 2 aromatic carbocycles. The molecule has 2 N–H and O–H groups in total. The highest BCUT2D eigenvalue weighted by Crippen LogP contribution is 2.19. The molecule has 0 atom stereocenters. The number of nitrogens with one attached hydrogen (secondary N) is 2. The maximum absolute atomic E-state index is 13.6. The molecule has 0 bridgehead atoms. The van der Waals surface area contributed by atoms with Gasteiger partial charge in [-0.1, -0.05) is 6.07 Å². The van der Waals surface area contributed by atoms with Gasteiger partial charge in [0, 0.05) is 11.8 Å². The van der Waals surface area contributed by atoms with E-state index in [1.165, 1.54) is 13.2 Å². The third-order valence-corrected chi connectivity index (χ3v) is 4.83. The van der Waals surface area contributed by atoms with Crippen molar-refractivity contribution in [3.8, 4) is 5.75 Å². The quantitative estimate of drug-likeness (QED) is 0.484. The van der Waals surface area contributed by atoms with E-state index in [1.54, 1.807) is 22.9 Å². The van der Waals surface area contributed by atoms with Crippen molar-refractivity contribution >= 4 is 27.6 Å². The Hall–Kier alpha value is -3.12. The Balaban J connectivity index is 1.87. The first kappa shape index (κ1) is 22.2. The van der Waals surface area contributed by atoms with Crippen molar-refractivity contribution in [2.75, 3.05) is 25.6 Å². The van der Waals surface area contributed by atoms with Gasteiger partial charge in [0.2, 0.25) is 10.0 Å². The number of benzene rings is 2. The topological polar surface area (TPSA) is 111 Å². The van der Waals surface area contributed by atoms with E-state index in [2.05, 4.69) is 10.1 Å². The summed E-state index contributed by atoms with van der Waals surface area (Å²) in [6.45, 7) is -1.69. The van der Waals surface area contributed by atoms with Crippen LogP contribution in [-0.2, 0) is 24.3 Å². The predicted octanol–water partition coefficient (Wildman–Crippen LogP) is 1.57. The minimum absolute atomic E-state index is 0.375. The van der Waals surface area contributed by atoms with Gasteiger partial charge >= 0.3 is 5.97 Å². The van der Waals surface area contributed by atoms with E-state index >= 15 is 0 Å². The number of hydrogen-bond donors (Lipinski definition) is 2. The first-order chi connectivity index (χ1) is 13.6. The smallest absolute Gasteiger partial charge is 0.321 e. The van der Waals surface area contributed by atoms with Gasteiger partial charge in [-0.3, -0.25) is 9.59 Å². The minimum atomic E-state index is -4.67. The lowest BCUT2D eigenvalue weighted by Crippen LogP contribution is -2.33. The number of carbonyl (C=O) groups excluding carboxylic acids is 2. The molecule has 1 amide bonds. The molecule has 0 aliphatic carbocycles. The van der Waals surface area contributed by atoms with Gasteiger partial charge in [0.15, 0.2) is 24.1 Å². The van der Waals surface area contributed by atoms with Crippen LogP contribution < -0.4 is 14.8 Å². The highest BCUT2D eigenvalue weighted by molar-refractivity contribution is 7.89. The number of methoxy groups -OCH3 is 1. The lowest BCUT2D eigenvalue weighted by molar-refractivity contribution is -0.146. The third-order valence-electron chi connectivity index (χ3n) is 3.41. The lowest BCUT2D eigenvalue weighted by Gasteiger charge is -2.09. The van der Waals surface area contributed by atoms with Gasteiger partial charge in [0.05, 0.1) is 7.11 Å². The molecule has 0 radical (unpaired) electrons. The Morgan fingerprint density at radius 3 is 2.48 bits per heavy atom. The molecule has 0 aliphatic rings. The van der Waals surface area contributed by atoms with E-state index in [0.717, 1.165) is 0 Å². The Kier molecular flexibility index (Phi) is 7.18. The summed E-state index contributed by atoms with van der Waals surface area (Å²) in [6.07, 6.45) is 0.